The molecule has 0 saturated carbocycles. The lowest BCUT2D eigenvalue weighted by Gasteiger charge is -2.09. The molecular formula is C22H15N3O2S. The monoisotopic (exact) mass is 385 g/mol. The van der Waals surface area contributed by atoms with Crippen LogP contribution in [0.1, 0.15) is 10.4 Å². The number of nitrogens with one attached hydrogen (secondary N) is 2. The highest BCUT2D eigenvalue weighted by Gasteiger charge is 2.15. The lowest BCUT2D eigenvalue weighted by molar-refractivity contribution is 0.102. The number of amides is 1. The minimum atomic E-state index is -0.285. The molecule has 5 rings (SSSR count). The van der Waals surface area contributed by atoms with Gasteiger partial charge >= 0.3 is 0 Å². The summed E-state index contributed by atoms with van der Waals surface area (Å²) in [6.07, 6.45) is 1.71. The molecule has 0 bridgehead atoms. The van der Waals surface area contributed by atoms with Gasteiger partial charge < -0.3 is 10.4 Å². The molecule has 0 fully saturated rings. The van der Waals surface area contributed by atoms with Crippen LogP contribution in [0.2, 0.25) is 0 Å². The molecule has 136 valence electrons. The molecule has 2 aromatic heterocycles. The number of carbonyl (C=O) groups excluding carboxylic acids is 1. The summed E-state index contributed by atoms with van der Waals surface area (Å²) in [7, 11) is 0. The average molecular weight is 385 g/mol. The molecule has 1 amide bonds. The van der Waals surface area contributed by atoms with Gasteiger partial charge in [-0.25, -0.2) is 0 Å². The maximum Gasteiger partial charge on any atom is 0.255 e. The second-order valence-electron chi connectivity index (χ2n) is 6.48. The van der Waals surface area contributed by atoms with Gasteiger partial charge in [0.1, 0.15) is 5.75 Å². The SMILES string of the molecule is O=C(Nc1ccccc1O)c1cc(-c2cc3ccccc3s2)c2[nH]ncc2c1. The predicted octanol–water partition coefficient (Wildman–Crippen LogP) is 5.40. The van der Waals surface area contributed by atoms with Crippen LogP contribution in [0.15, 0.2) is 72.9 Å². The number of aromatic hydroxyl groups is 1. The topological polar surface area (TPSA) is 78.0 Å². The number of benzene rings is 3. The van der Waals surface area contributed by atoms with Crippen molar-refractivity contribution < 1.29 is 9.90 Å². The summed E-state index contributed by atoms with van der Waals surface area (Å²) in [5.41, 5.74) is 2.71. The van der Waals surface area contributed by atoms with Crippen LogP contribution in [0, 0.1) is 0 Å². The zero-order chi connectivity index (χ0) is 19.1. The third-order valence-electron chi connectivity index (χ3n) is 4.65. The molecule has 0 aliphatic heterocycles. The minimum Gasteiger partial charge on any atom is -0.506 e. The number of phenols is 1. The zero-order valence-corrected chi connectivity index (χ0v) is 15.5. The van der Waals surface area contributed by atoms with Crippen LogP contribution in [-0.2, 0) is 0 Å². The Morgan fingerprint density at radius 3 is 2.68 bits per heavy atom. The third kappa shape index (κ3) is 2.80. The zero-order valence-electron chi connectivity index (χ0n) is 14.6. The molecule has 5 nitrogen and oxygen atoms in total. The van der Waals surface area contributed by atoms with Crippen molar-refractivity contribution in [1.82, 2.24) is 10.2 Å². The first-order chi connectivity index (χ1) is 13.7. The Balaban J connectivity index is 1.61. The van der Waals surface area contributed by atoms with Crippen LogP contribution in [0.4, 0.5) is 5.69 Å². The van der Waals surface area contributed by atoms with E-state index in [2.05, 4.69) is 33.7 Å². The van der Waals surface area contributed by atoms with Crippen molar-refractivity contribution in [3.05, 3.63) is 78.5 Å². The summed E-state index contributed by atoms with van der Waals surface area (Å²) in [5.74, 6) is -0.253. The van der Waals surface area contributed by atoms with Crippen molar-refractivity contribution >= 4 is 43.9 Å². The number of anilines is 1. The van der Waals surface area contributed by atoms with Gasteiger partial charge in [-0.3, -0.25) is 9.89 Å². The summed E-state index contributed by atoms with van der Waals surface area (Å²) >= 11 is 1.68. The standard InChI is InChI=1S/C22H15N3O2S/c26-18-7-3-2-6-17(18)24-22(27)14-9-15-12-23-25-21(15)16(10-14)20-11-13-5-1-4-8-19(13)28-20/h1-12,26H,(H,23,25)(H,24,27). The van der Waals surface area contributed by atoms with Gasteiger partial charge in [0.25, 0.3) is 5.91 Å². The quantitative estimate of drug-likeness (QED) is 0.364. The molecule has 0 atom stereocenters. The first kappa shape index (κ1) is 16.5. The molecular weight excluding hydrogens is 370 g/mol. The van der Waals surface area contributed by atoms with Gasteiger partial charge in [0, 0.05) is 26.1 Å². The van der Waals surface area contributed by atoms with Crippen LogP contribution in [0.25, 0.3) is 31.4 Å². The van der Waals surface area contributed by atoms with Crippen LogP contribution >= 0.6 is 11.3 Å². The maximum absolute atomic E-state index is 12.8. The smallest absolute Gasteiger partial charge is 0.255 e. The molecule has 2 heterocycles. The highest BCUT2D eigenvalue weighted by atomic mass is 32.1. The lowest BCUT2D eigenvalue weighted by atomic mass is 10.0. The van der Waals surface area contributed by atoms with Crippen molar-refractivity contribution in [3.8, 4) is 16.2 Å². The number of nitrogens with zero attached hydrogens (tertiary/aromatic N) is 1. The fraction of sp³-hybridized carbons (Fsp3) is 0. The number of fused-ring (bicyclic) bond motifs is 2. The van der Waals surface area contributed by atoms with E-state index >= 15 is 0 Å². The molecule has 28 heavy (non-hydrogen) atoms. The van der Waals surface area contributed by atoms with Crippen molar-refractivity contribution in [1.29, 1.82) is 0 Å². The van der Waals surface area contributed by atoms with E-state index < -0.39 is 0 Å². The number of aromatic amines is 1. The molecule has 3 N–H and O–H groups in total. The Morgan fingerprint density at radius 2 is 1.82 bits per heavy atom. The molecule has 5 aromatic rings. The number of aromatic nitrogens is 2. The normalized spacial score (nSPS) is 11.1. The molecule has 0 aliphatic rings. The molecule has 3 aromatic carbocycles. The Labute approximate surface area is 164 Å². The van der Waals surface area contributed by atoms with Crippen LogP contribution in [-0.4, -0.2) is 21.2 Å². The number of thiophene rings is 1. The van der Waals surface area contributed by atoms with Crippen LogP contribution in [0.5, 0.6) is 5.75 Å². The van der Waals surface area contributed by atoms with Crippen molar-refractivity contribution in [2.45, 2.75) is 0 Å². The molecule has 0 aliphatic carbocycles. The van der Waals surface area contributed by atoms with E-state index in [9.17, 15) is 9.90 Å². The Morgan fingerprint density at radius 1 is 1.00 bits per heavy atom. The molecule has 0 unspecified atom stereocenters. The minimum absolute atomic E-state index is 0.0324. The van der Waals surface area contributed by atoms with E-state index in [1.54, 1.807) is 41.8 Å². The number of hydrogen-bond acceptors (Lipinski definition) is 4. The fourth-order valence-corrected chi connectivity index (χ4v) is 4.36. The van der Waals surface area contributed by atoms with Gasteiger partial charge in [-0.05, 0) is 41.8 Å². The van der Waals surface area contributed by atoms with E-state index in [0.29, 0.717) is 11.3 Å². The highest BCUT2D eigenvalue weighted by molar-refractivity contribution is 7.22. The number of H-pyrrole nitrogens is 1. The summed E-state index contributed by atoms with van der Waals surface area (Å²) in [5, 5.41) is 21.9. The predicted molar refractivity (Wildman–Crippen MR) is 113 cm³/mol. The Kier molecular flexibility index (Phi) is 3.84. The number of rotatable bonds is 3. The van der Waals surface area contributed by atoms with Crippen molar-refractivity contribution in [2.24, 2.45) is 0 Å². The summed E-state index contributed by atoms with van der Waals surface area (Å²) in [6.45, 7) is 0. The third-order valence-corrected chi connectivity index (χ3v) is 5.80. The van der Waals surface area contributed by atoms with Crippen LogP contribution in [0.3, 0.4) is 0 Å². The highest BCUT2D eigenvalue weighted by Crippen LogP contribution is 2.37. The summed E-state index contributed by atoms with van der Waals surface area (Å²) in [6, 6.07) is 20.7. The average Bonchev–Trinajstić information content (AvgIpc) is 3.35. The molecule has 0 spiro atoms. The fourth-order valence-electron chi connectivity index (χ4n) is 3.27. The number of para-hydroxylation sites is 2. The van der Waals surface area contributed by atoms with E-state index in [4.69, 9.17) is 0 Å². The van der Waals surface area contributed by atoms with Crippen LogP contribution < -0.4 is 5.32 Å². The van der Waals surface area contributed by atoms with Gasteiger partial charge in [-0.2, -0.15) is 5.10 Å². The number of carbonyl (C=O) groups is 1. The molecule has 6 heteroatoms. The second kappa shape index (κ2) is 6.51. The number of hydrogen-bond donors (Lipinski definition) is 3. The first-order valence-corrected chi connectivity index (χ1v) is 9.56. The van der Waals surface area contributed by atoms with E-state index in [0.717, 1.165) is 21.3 Å². The summed E-state index contributed by atoms with van der Waals surface area (Å²) < 4.78 is 1.19. The molecule has 0 radical (unpaired) electrons. The van der Waals surface area contributed by atoms with Gasteiger partial charge in [0.15, 0.2) is 0 Å². The van der Waals surface area contributed by atoms with Gasteiger partial charge in [-0.1, -0.05) is 30.3 Å². The van der Waals surface area contributed by atoms with Gasteiger partial charge in [0.05, 0.1) is 17.4 Å². The van der Waals surface area contributed by atoms with E-state index in [1.807, 2.05) is 18.2 Å². The molecule has 0 saturated heterocycles. The van der Waals surface area contributed by atoms with Crippen molar-refractivity contribution in [3.63, 3.8) is 0 Å². The Hall–Kier alpha value is -3.64. The summed E-state index contributed by atoms with van der Waals surface area (Å²) in [4.78, 5) is 13.9. The number of phenolic OH excluding ortho intramolecular Hbond substituents is 1. The van der Waals surface area contributed by atoms with Gasteiger partial charge in [0.2, 0.25) is 0 Å². The van der Waals surface area contributed by atoms with E-state index in [1.165, 1.54) is 16.2 Å². The largest absolute Gasteiger partial charge is 0.506 e. The Bertz CT molecular complexity index is 1300. The lowest BCUT2D eigenvalue weighted by Crippen LogP contribution is -2.12. The maximum atomic E-state index is 12.8. The van der Waals surface area contributed by atoms with E-state index in [-0.39, 0.29) is 11.7 Å². The van der Waals surface area contributed by atoms with Gasteiger partial charge in [-0.15, -0.1) is 11.3 Å². The van der Waals surface area contributed by atoms with Crippen molar-refractivity contribution in [2.75, 3.05) is 5.32 Å². The second-order valence-corrected chi connectivity index (χ2v) is 7.56. The first-order valence-electron chi connectivity index (χ1n) is 8.74.